The van der Waals surface area contributed by atoms with Crippen LogP contribution < -0.4 is 10.2 Å². The van der Waals surface area contributed by atoms with Gasteiger partial charge in [-0.3, -0.25) is 4.79 Å². The zero-order valence-electron chi connectivity index (χ0n) is 17.8. The summed E-state index contributed by atoms with van der Waals surface area (Å²) in [5.74, 6) is 0.263. The summed E-state index contributed by atoms with van der Waals surface area (Å²) in [6.45, 7) is 3.14. The molecule has 7 nitrogen and oxygen atoms in total. The van der Waals surface area contributed by atoms with Crippen LogP contribution in [-0.4, -0.2) is 45.1 Å². The fourth-order valence-electron chi connectivity index (χ4n) is 5.78. The summed E-state index contributed by atoms with van der Waals surface area (Å²) in [6, 6.07) is 6.69. The standard InChI is InChI=1S/C23H30FN5O2/c24-18-5-3-16(4-6-18)12-25-22(30)20-14-28-10-7-17(20)11-19(28)13-29-15-21(26-27-29)23(31)8-1-2-9-23/h3-6,15,17,19-20,31H,1-2,7-14H2,(H,25,30)/p+1/t17-,19-,20+/m1/s1. The number of halogens is 1. The molecule has 2 bridgehead atoms. The fraction of sp³-hybridized carbons (Fsp3) is 0.609. The SMILES string of the molecule is O=C(NCc1ccc(F)cc1)[C@H]1C[NH+]2CC[C@@H]1C[C@@H]2Cn1cc(C2(O)CCCC2)nn1. The topological polar surface area (TPSA) is 84.5 Å². The van der Waals surface area contributed by atoms with Crippen LogP contribution in [0.2, 0.25) is 0 Å². The second kappa shape index (κ2) is 8.31. The minimum absolute atomic E-state index is 0.0333. The van der Waals surface area contributed by atoms with Crippen molar-refractivity contribution in [2.75, 3.05) is 13.1 Å². The number of hydrogen-bond acceptors (Lipinski definition) is 4. The van der Waals surface area contributed by atoms with Gasteiger partial charge in [-0.2, -0.15) is 0 Å². The first-order valence-corrected chi connectivity index (χ1v) is 11.5. The Morgan fingerprint density at radius 2 is 2.06 bits per heavy atom. The van der Waals surface area contributed by atoms with E-state index in [0.717, 1.165) is 63.7 Å². The molecule has 4 atom stereocenters. The lowest BCUT2D eigenvalue weighted by atomic mass is 9.75. The molecule has 3 aliphatic heterocycles. The average Bonchev–Trinajstić information content (AvgIpc) is 3.44. The first-order chi connectivity index (χ1) is 15.0. The summed E-state index contributed by atoms with van der Waals surface area (Å²) in [4.78, 5) is 14.3. The lowest BCUT2D eigenvalue weighted by molar-refractivity contribution is -0.945. The summed E-state index contributed by atoms with van der Waals surface area (Å²) in [5.41, 5.74) is 0.811. The smallest absolute Gasteiger partial charge is 0.229 e. The molecule has 2 aromatic rings. The minimum Gasteiger partial charge on any atom is -0.383 e. The van der Waals surface area contributed by atoms with Crippen LogP contribution in [0.15, 0.2) is 30.5 Å². The second-order valence-corrected chi connectivity index (χ2v) is 9.61. The Bertz CT molecular complexity index is 924. The van der Waals surface area contributed by atoms with E-state index in [1.54, 1.807) is 12.1 Å². The molecule has 1 saturated carbocycles. The summed E-state index contributed by atoms with van der Waals surface area (Å²) in [5, 5.41) is 22.4. The minimum atomic E-state index is -0.801. The van der Waals surface area contributed by atoms with E-state index in [9.17, 15) is 14.3 Å². The molecule has 0 spiro atoms. The molecule has 3 N–H and O–H groups in total. The predicted molar refractivity (Wildman–Crippen MR) is 111 cm³/mol. The number of amides is 1. The van der Waals surface area contributed by atoms with Crippen LogP contribution >= 0.6 is 0 Å². The van der Waals surface area contributed by atoms with Crippen molar-refractivity contribution in [1.29, 1.82) is 0 Å². The van der Waals surface area contributed by atoms with E-state index in [4.69, 9.17) is 0 Å². The molecule has 166 valence electrons. The maximum absolute atomic E-state index is 13.1. The van der Waals surface area contributed by atoms with E-state index in [0.29, 0.717) is 24.2 Å². The van der Waals surface area contributed by atoms with E-state index in [1.165, 1.54) is 17.0 Å². The molecule has 1 unspecified atom stereocenters. The van der Waals surface area contributed by atoms with Gasteiger partial charge < -0.3 is 15.3 Å². The highest BCUT2D eigenvalue weighted by Gasteiger charge is 2.46. The molecule has 6 rings (SSSR count). The van der Waals surface area contributed by atoms with Gasteiger partial charge in [0.1, 0.15) is 23.2 Å². The first-order valence-electron chi connectivity index (χ1n) is 11.5. The highest BCUT2D eigenvalue weighted by Crippen LogP contribution is 2.37. The Hall–Kier alpha value is -2.32. The number of rotatable bonds is 6. The number of benzene rings is 1. The molecule has 1 aromatic heterocycles. The number of quaternary nitrogens is 1. The first kappa shape index (κ1) is 20.6. The van der Waals surface area contributed by atoms with Crippen molar-refractivity contribution >= 4 is 5.91 Å². The Balaban J connectivity index is 1.17. The molecule has 4 heterocycles. The van der Waals surface area contributed by atoms with Gasteiger partial charge in [0.15, 0.2) is 0 Å². The zero-order chi connectivity index (χ0) is 21.4. The van der Waals surface area contributed by atoms with Gasteiger partial charge in [0, 0.05) is 19.4 Å². The van der Waals surface area contributed by atoms with Crippen LogP contribution in [0.3, 0.4) is 0 Å². The monoisotopic (exact) mass is 428 g/mol. The number of piperidine rings is 3. The lowest BCUT2D eigenvalue weighted by Crippen LogP contribution is -3.20. The average molecular weight is 429 g/mol. The summed E-state index contributed by atoms with van der Waals surface area (Å²) in [6.07, 6.45) is 7.60. The third-order valence-electron chi connectivity index (χ3n) is 7.62. The fourth-order valence-corrected chi connectivity index (χ4v) is 5.78. The highest BCUT2D eigenvalue weighted by atomic mass is 19.1. The van der Waals surface area contributed by atoms with E-state index in [2.05, 4.69) is 15.6 Å². The number of nitrogens with one attached hydrogen (secondary N) is 2. The second-order valence-electron chi connectivity index (χ2n) is 9.61. The van der Waals surface area contributed by atoms with Crippen LogP contribution in [0.25, 0.3) is 0 Å². The van der Waals surface area contributed by atoms with Crippen LogP contribution in [0.4, 0.5) is 4.39 Å². The molecule has 8 heteroatoms. The maximum Gasteiger partial charge on any atom is 0.229 e. The number of hydrogen-bond donors (Lipinski definition) is 3. The third-order valence-corrected chi connectivity index (χ3v) is 7.62. The van der Waals surface area contributed by atoms with Crippen molar-refractivity contribution < 1.29 is 19.2 Å². The molecule has 0 radical (unpaired) electrons. The van der Waals surface area contributed by atoms with Crippen molar-refractivity contribution in [2.24, 2.45) is 11.8 Å². The predicted octanol–water partition coefficient (Wildman–Crippen LogP) is 0.789. The molecule has 4 aliphatic rings. The van der Waals surface area contributed by atoms with E-state index >= 15 is 0 Å². The van der Waals surface area contributed by atoms with Crippen molar-refractivity contribution in [3.63, 3.8) is 0 Å². The summed E-state index contributed by atoms with van der Waals surface area (Å²) < 4.78 is 14.9. The summed E-state index contributed by atoms with van der Waals surface area (Å²) in [7, 11) is 0. The van der Waals surface area contributed by atoms with Crippen molar-refractivity contribution in [3.05, 3.63) is 47.5 Å². The number of fused-ring (bicyclic) bond motifs is 3. The Labute approximate surface area is 181 Å². The third kappa shape index (κ3) is 4.23. The maximum atomic E-state index is 13.1. The molecule has 31 heavy (non-hydrogen) atoms. The molecular formula is C23H31FN5O2+. The largest absolute Gasteiger partial charge is 0.383 e. The van der Waals surface area contributed by atoms with Gasteiger partial charge in [0.25, 0.3) is 0 Å². The van der Waals surface area contributed by atoms with E-state index in [-0.39, 0.29) is 17.6 Å². The Kier molecular flexibility index (Phi) is 5.52. The van der Waals surface area contributed by atoms with Crippen LogP contribution in [0.1, 0.15) is 49.8 Å². The van der Waals surface area contributed by atoms with E-state index < -0.39 is 5.60 Å². The molecule has 1 amide bonds. The van der Waals surface area contributed by atoms with Crippen molar-refractivity contribution in [1.82, 2.24) is 20.3 Å². The Morgan fingerprint density at radius 3 is 2.77 bits per heavy atom. The van der Waals surface area contributed by atoms with E-state index in [1.807, 2.05) is 10.9 Å². The molecule has 3 saturated heterocycles. The van der Waals surface area contributed by atoms with Gasteiger partial charge in [0.05, 0.1) is 31.7 Å². The highest BCUT2D eigenvalue weighted by molar-refractivity contribution is 5.79. The van der Waals surface area contributed by atoms with Gasteiger partial charge in [0.2, 0.25) is 5.91 Å². The summed E-state index contributed by atoms with van der Waals surface area (Å²) >= 11 is 0. The number of nitrogens with zero attached hydrogens (tertiary/aromatic N) is 3. The number of aromatic nitrogens is 3. The van der Waals surface area contributed by atoms with Crippen LogP contribution in [0, 0.1) is 17.7 Å². The van der Waals surface area contributed by atoms with Gasteiger partial charge in [-0.05, 0) is 36.5 Å². The molecular weight excluding hydrogens is 397 g/mol. The normalized spacial score (nSPS) is 29.2. The van der Waals surface area contributed by atoms with Crippen molar-refractivity contribution in [2.45, 2.75) is 63.3 Å². The Morgan fingerprint density at radius 1 is 1.29 bits per heavy atom. The van der Waals surface area contributed by atoms with Gasteiger partial charge in [-0.1, -0.05) is 30.2 Å². The number of aliphatic hydroxyl groups is 1. The molecule has 1 aliphatic carbocycles. The molecule has 1 aromatic carbocycles. The van der Waals surface area contributed by atoms with Crippen molar-refractivity contribution in [3.8, 4) is 0 Å². The molecule has 4 fully saturated rings. The van der Waals surface area contributed by atoms with Gasteiger partial charge in [-0.15, -0.1) is 5.10 Å². The number of carbonyl (C=O) groups is 1. The van der Waals surface area contributed by atoms with Crippen LogP contribution in [-0.2, 0) is 23.5 Å². The van der Waals surface area contributed by atoms with Crippen LogP contribution in [0.5, 0.6) is 0 Å². The lowest BCUT2D eigenvalue weighted by Gasteiger charge is -2.46. The zero-order valence-corrected chi connectivity index (χ0v) is 17.8. The quantitative estimate of drug-likeness (QED) is 0.635. The van der Waals surface area contributed by atoms with Gasteiger partial charge in [-0.25, -0.2) is 9.07 Å². The van der Waals surface area contributed by atoms with Gasteiger partial charge >= 0.3 is 0 Å². The number of carbonyl (C=O) groups excluding carboxylic acids is 1.